The summed E-state index contributed by atoms with van der Waals surface area (Å²) >= 11 is 0. The van der Waals surface area contributed by atoms with Crippen molar-refractivity contribution in [3.8, 4) is 5.88 Å². The van der Waals surface area contributed by atoms with Gasteiger partial charge in [0.05, 0.1) is 13.3 Å². The van der Waals surface area contributed by atoms with Crippen molar-refractivity contribution in [3.05, 3.63) is 53.3 Å². The summed E-state index contributed by atoms with van der Waals surface area (Å²) < 4.78 is 37.4. The zero-order valence-corrected chi connectivity index (χ0v) is 15.6. The monoisotopic (exact) mass is 404 g/mol. The van der Waals surface area contributed by atoms with Crippen molar-refractivity contribution >= 4 is 23.4 Å². The van der Waals surface area contributed by atoms with E-state index in [1.165, 1.54) is 38.4 Å². The van der Waals surface area contributed by atoms with E-state index in [-0.39, 0.29) is 40.4 Å². The molecule has 0 radical (unpaired) electrons. The standard InChI is InChI=1S/C18H18F2N6O3/c1-18(6-10(7-19)29-17(22)26-18)11-5-9(3-4-12(11)20)24-16(27)14-15(21)25-13(28-2)8-23-14/h3-6,8H,7H2,1-2H3,(H2,21,25)(H2,22,26)(H,24,27)/t18-/m0/s1. The van der Waals surface area contributed by atoms with E-state index >= 15 is 0 Å². The highest BCUT2D eigenvalue weighted by Gasteiger charge is 2.32. The molecule has 0 saturated carbocycles. The highest BCUT2D eigenvalue weighted by Crippen LogP contribution is 2.35. The molecule has 29 heavy (non-hydrogen) atoms. The SMILES string of the molecule is COc1cnc(C(=O)Nc2ccc(F)c([C@]3(C)C=C(CF)OC(N)=N3)c2)c(N)n1. The van der Waals surface area contributed by atoms with Crippen LogP contribution in [0.25, 0.3) is 0 Å². The maximum absolute atomic E-state index is 14.5. The number of ether oxygens (including phenoxy) is 2. The lowest BCUT2D eigenvalue weighted by Crippen LogP contribution is -2.31. The van der Waals surface area contributed by atoms with E-state index in [1.54, 1.807) is 0 Å². The number of allylic oxidation sites excluding steroid dienone is 1. The van der Waals surface area contributed by atoms with Crippen molar-refractivity contribution < 1.29 is 23.0 Å². The summed E-state index contributed by atoms with van der Waals surface area (Å²) in [5.41, 5.74) is 10.2. The normalized spacial score (nSPS) is 18.3. The van der Waals surface area contributed by atoms with E-state index in [4.69, 9.17) is 20.9 Å². The zero-order valence-electron chi connectivity index (χ0n) is 15.6. The molecule has 2 heterocycles. The van der Waals surface area contributed by atoms with Crippen molar-refractivity contribution in [1.29, 1.82) is 0 Å². The third-order valence-electron chi connectivity index (χ3n) is 4.12. The summed E-state index contributed by atoms with van der Waals surface area (Å²) in [7, 11) is 1.39. The Labute approximate surface area is 164 Å². The predicted molar refractivity (Wildman–Crippen MR) is 101 cm³/mol. The number of benzene rings is 1. The van der Waals surface area contributed by atoms with Crippen molar-refractivity contribution in [2.24, 2.45) is 10.7 Å². The number of amidine groups is 1. The molecule has 0 unspecified atom stereocenters. The van der Waals surface area contributed by atoms with Gasteiger partial charge in [-0.3, -0.25) is 4.79 Å². The Balaban J connectivity index is 1.93. The lowest BCUT2D eigenvalue weighted by molar-refractivity contribution is 0.102. The molecule has 1 aliphatic rings. The zero-order chi connectivity index (χ0) is 21.2. The number of alkyl halides is 1. The average Bonchev–Trinajstić information content (AvgIpc) is 2.68. The van der Waals surface area contributed by atoms with Gasteiger partial charge in [0.1, 0.15) is 23.8 Å². The van der Waals surface area contributed by atoms with Crippen molar-refractivity contribution in [3.63, 3.8) is 0 Å². The number of aliphatic imine (C=N–C) groups is 1. The Bertz CT molecular complexity index is 1030. The Morgan fingerprint density at radius 3 is 2.79 bits per heavy atom. The second kappa shape index (κ2) is 7.70. The minimum atomic E-state index is -1.33. The van der Waals surface area contributed by atoms with Crippen molar-refractivity contribution in [1.82, 2.24) is 9.97 Å². The number of nitrogens with one attached hydrogen (secondary N) is 1. The highest BCUT2D eigenvalue weighted by atomic mass is 19.1. The van der Waals surface area contributed by atoms with Gasteiger partial charge in [0.25, 0.3) is 11.9 Å². The molecule has 152 valence electrons. The largest absolute Gasteiger partial charge is 0.480 e. The number of carbonyl (C=O) groups excluding carboxylic acids is 1. The fourth-order valence-electron chi connectivity index (χ4n) is 2.81. The first-order valence-corrected chi connectivity index (χ1v) is 8.34. The number of amides is 1. The average molecular weight is 404 g/mol. The molecule has 0 bridgehead atoms. The van der Waals surface area contributed by atoms with Crippen LogP contribution in [0.2, 0.25) is 0 Å². The van der Waals surface area contributed by atoms with E-state index in [0.29, 0.717) is 0 Å². The fraction of sp³-hybridized carbons (Fsp3) is 0.222. The first-order chi connectivity index (χ1) is 13.8. The number of hydrogen-bond acceptors (Lipinski definition) is 8. The number of carbonyl (C=O) groups is 1. The molecule has 3 rings (SSSR count). The van der Waals surface area contributed by atoms with Crippen LogP contribution >= 0.6 is 0 Å². The Morgan fingerprint density at radius 1 is 1.38 bits per heavy atom. The van der Waals surface area contributed by atoms with Gasteiger partial charge in [0.2, 0.25) is 5.88 Å². The van der Waals surface area contributed by atoms with Crippen LogP contribution in [0.3, 0.4) is 0 Å². The molecule has 1 atom stereocenters. The van der Waals surface area contributed by atoms with Gasteiger partial charge in [0.15, 0.2) is 11.5 Å². The van der Waals surface area contributed by atoms with Crippen LogP contribution in [0.5, 0.6) is 5.88 Å². The molecular weight excluding hydrogens is 386 g/mol. The molecule has 0 spiro atoms. The molecule has 1 aromatic carbocycles. The first-order valence-electron chi connectivity index (χ1n) is 8.34. The van der Waals surface area contributed by atoms with Gasteiger partial charge in [-0.2, -0.15) is 4.98 Å². The number of nitrogen functional groups attached to an aromatic ring is 1. The number of nitrogens with zero attached hydrogens (tertiary/aromatic N) is 3. The van der Waals surface area contributed by atoms with E-state index in [9.17, 15) is 13.6 Å². The number of anilines is 2. The molecule has 5 N–H and O–H groups in total. The number of methoxy groups -OCH3 is 1. The third kappa shape index (κ3) is 4.08. The number of nitrogens with two attached hydrogens (primary N) is 2. The summed E-state index contributed by atoms with van der Waals surface area (Å²) in [5, 5.41) is 2.56. The molecule has 1 aromatic heterocycles. The van der Waals surface area contributed by atoms with Crippen molar-refractivity contribution in [2.75, 3.05) is 24.8 Å². The topological polar surface area (TPSA) is 138 Å². The molecule has 2 aromatic rings. The number of aromatic nitrogens is 2. The van der Waals surface area contributed by atoms with Gasteiger partial charge in [-0.25, -0.2) is 18.8 Å². The van der Waals surface area contributed by atoms with Crippen LogP contribution in [0.1, 0.15) is 23.0 Å². The van der Waals surface area contributed by atoms with Crippen LogP contribution in [0, 0.1) is 5.82 Å². The molecule has 11 heteroatoms. The predicted octanol–water partition coefficient (Wildman–Crippen LogP) is 1.87. The van der Waals surface area contributed by atoms with Gasteiger partial charge in [0, 0.05) is 11.3 Å². The van der Waals surface area contributed by atoms with Crippen LogP contribution in [-0.4, -0.2) is 35.7 Å². The maximum Gasteiger partial charge on any atom is 0.288 e. The summed E-state index contributed by atoms with van der Waals surface area (Å²) in [6.45, 7) is 0.605. The summed E-state index contributed by atoms with van der Waals surface area (Å²) in [5.74, 6) is -1.34. The lowest BCUT2D eigenvalue weighted by Gasteiger charge is -2.28. The van der Waals surface area contributed by atoms with Crippen LogP contribution in [0.4, 0.5) is 20.3 Å². The number of rotatable bonds is 5. The minimum Gasteiger partial charge on any atom is -0.480 e. The summed E-state index contributed by atoms with van der Waals surface area (Å²) in [6.07, 6.45) is 2.56. The molecule has 0 aliphatic carbocycles. The summed E-state index contributed by atoms with van der Waals surface area (Å²) in [4.78, 5) is 24.4. The fourth-order valence-corrected chi connectivity index (χ4v) is 2.81. The van der Waals surface area contributed by atoms with Gasteiger partial charge >= 0.3 is 0 Å². The minimum absolute atomic E-state index is 0.0567. The third-order valence-corrected chi connectivity index (χ3v) is 4.12. The molecule has 1 aliphatic heterocycles. The Morgan fingerprint density at radius 2 is 2.14 bits per heavy atom. The van der Waals surface area contributed by atoms with Gasteiger partial charge in [-0.05, 0) is 31.2 Å². The van der Waals surface area contributed by atoms with E-state index in [1.807, 2.05) is 0 Å². The molecule has 1 amide bonds. The number of hydrogen-bond donors (Lipinski definition) is 3. The molecule has 0 saturated heterocycles. The maximum atomic E-state index is 14.5. The molecule has 0 fully saturated rings. The van der Waals surface area contributed by atoms with E-state index in [0.717, 1.165) is 6.07 Å². The van der Waals surface area contributed by atoms with E-state index in [2.05, 4.69) is 20.3 Å². The Kier molecular flexibility index (Phi) is 5.31. The summed E-state index contributed by atoms with van der Waals surface area (Å²) in [6, 6.07) is 3.55. The van der Waals surface area contributed by atoms with Gasteiger partial charge in [-0.15, -0.1) is 0 Å². The van der Waals surface area contributed by atoms with Gasteiger partial charge < -0.3 is 26.3 Å². The lowest BCUT2D eigenvalue weighted by atomic mass is 9.90. The van der Waals surface area contributed by atoms with Crippen LogP contribution < -0.4 is 21.5 Å². The van der Waals surface area contributed by atoms with E-state index < -0.39 is 23.9 Å². The van der Waals surface area contributed by atoms with Crippen molar-refractivity contribution in [2.45, 2.75) is 12.5 Å². The Hall–Kier alpha value is -3.76. The second-order valence-corrected chi connectivity index (χ2v) is 6.24. The first kappa shape index (κ1) is 20.0. The second-order valence-electron chi connectivity index (χ2n) is 6.24. The molecule has 9 nitrogen and oxygen atoms in total. The highest BCUT2D eigenvalue weighted by molar-refractivity contribution is 6.05. The smallest absolute Gasteiger partial charge is 0.288 e. The van der Waals surface area contributed by atoms with Gasteiger partial charge in [-0.1, -0.05) is 0 Å². The van der Waals surface area contributed by atoms with Crippen LogP contribution in [-0.2, 0) is 10.3 Å². The van der Waals surface area contributed by atoms with Crippen LogP contribution in [0.15, 0.2) is 41.2 Å². The number of halogens is 2. The quantitative estimate of drug-likeness (QED) is 0.692. The molecular formula is C18H18F2N6O3.